The third-order valence-corrected chi connectivity index (χ3v) is 4.46. The van der Waals surface area contributed by atoms with Gasteiger partial charge in [-0.05, 0) is 25.7 Å². The van der Waals surface area contributed by atoms with E-state index in [1.54, 1.807) is 6.07 Å². The van der Waals surface area contributed by atoms with E-state index in [4.69, 9.17) is 9.63 Å². The molecule has 2 amide bonds. The molecule has 1 aromatic heterocycles. The predicted molar refractivity (Wildman–Crippen MR) is 90.7 cm³/mol. The van der Waals surface area contributed by atoms with Crippen molar-refractivity contribution in [2.24, 2.45) is 5.92 Å². The predicted octanol–water partition coefficient (Wildman–Crippen LogP) is 2.78. The highest BCUT2D eigenvalue weighted by Gasteiger charge is 2.26. The Morgan fingerprint density at radius 3 is 2.56 bits per heavy atom. The number of carbonyl (C=O) groups is 2. The molecular formula is C18H21N3O4. The molecule has 0 radical (unpaired) electrons. The van der Waals surface area contributed by atoms with Crippen molar-refractivity contribution in [1.29, 1.82) is 0 Å². The number of carboxylic acids is 1. The Hall–Kier alpha value is -2.83. The van der Waals surface area contributed by atoms with Gasteiger partial charge in [-0.15, -0.1) is 0 Å². The van der Waals surface area contributed by atoms with Crippen molar-refractivity contribution in [2.75, 3.05) is 0 Å². The van der Waals surface area contributed by atoms with Crippen LogP contribution in [0.25, 0.3) is 11.3 Å². The molecule has 3 N–H and O–H groups in total. The number of carbonyl (C=O) groups excluding carboxylic acids is 1. The zero-order valence-corrected chi connectivity index (χ0v) is 13.8. The second-order valence-electron chi connectivity index (χ2n) is 6.26. The first-order valence-corrected chi connectivity index (χ1v) is 8.40. The Bertz CT molecular complexity index is 721. The summed E-state index contributed by atoms with van der Waals surface area (Å²) in [5.74, 6) is -0.374. The largest absolute Gasteiger partial charge is 0.481 e. The summed E-state index contributed by atoms with van der Waals surface area (Å²) >= 11 is 0. The van der Waals surface area contributed by atoms with Crippen LogP contribution in [0.1, 0.15) is 31.4 Å². The molecule has 1 fully saturated rings. The Kier molecular flexibility index (Phi) is 5.33. The maximum absolute atomic E-state index is 12.0. The Morgan fingerprint density at radius 1 is 1.16 bits per heavy atom. The first-order valence-electron chi connectivity index (χ1n) is 8.40. The molecule has 7 heteroatoms. The van der Waals surface area contributed by atoms with Gasteiger partial charge in [0.25, 0.3) is 0 Å². The number of aromatic nitrogens is 1. The minimum absolute atomic E-state index is 0.0211. The lowest BCUT2D eigenvalue weighted by Gasteiger charge is -2.26. The minimum Gasteiger partial charge on any atom is -0.481 e. The molecule has 0 atom stereocenters. The Morgan fingerprint density at radius 2 is 1.88 bits per heavy atom. The van der Waals surface area contributed by atoms with Crippen LogP contribution in [0, 0.1) is 5.92 Å². The number of benzene rings is 1. The molecule has 0 saturated heterocycles. The van der Waals surface area contributed by atoms with E-state index < -0.39 is 5.97 Å². The standard InChI is InChI=1S/C18H21N3O4/c22-17(23)13-6-8-14(9-7-13)20-18(24)19-11-15-10-16(25-21-15)12-4-2-1-3-5-12/h1-5,10,13-14H,6-9,11H2,(H,22,23)(H2,19,20,24). The van der Waals surface area contributed by atoms with E-state index in [9.17, 15) is 9.59 Å². The van der Waals surface area contributed by atoms with E-state index in [0.717, 1.165) is 5.56 Å². The summed E-state index contributed by atoms with van der Waals surface area (Å²) in [6.45, 7) is 0.270. The maximum Gasteiger partial charge on any atom is 0.315 e. The SMILES string of the molecule is O=C(NCc1cc(-c2ccccc2)on1)NC1CCC(C(=O)O)CC1. The molecule has 25 heavy (non-hydrogen) atoms. The fourth-order valence-electron chi connectivity index (χ4n) is 3.03. The number of aliphatic carboxylic acids is 1. The van der Waals surface area contributed by atoms with Crippen molar-refractivity contribution >= 4 is 12.0 Å². The van der Waals surface area contributed by atoms with Gasteiger partial charge in [-0.1, -0.05) is 35.5 Å². The van der Waals surface area contributed by atoms with Crippen LogP contribution >= 0.6 is 0 Å². The third-order valence-electron chi connectivity index (χ3n) is 4.46. The van der Waals surface area contributed by atoms with Crippen LogP contribution < -0.4 is 10.6 Å². The van der Waals surface area contributed by atoms with Gasteiger partial charge >= 0.3 is 12.0 Å². The Balaban J connectivity index is 1.44. The van der Waals surface area contributed by atoms with Crippen LogP contribution in [0.2, 0.25) is 0 Å². The Labute approximate surface area is 145 Å². The van der Waals surface area contributed by atoms with Crippen molar-refractivity contribution in [3.63, 3.8) is 0 Å². The molecule has 0 aliphatic heterocycles. The smallest absolute Gasteiger partial charge is 0.315 e. The summed E-state index contributed by atoms with van der Waals surface area (Å²) in [7, 11) is 0. The first-order chi connectivity index (χ1) is 12.1. The molecule has 1 saturated carbocycles. The molecule has 2 aromatic rings. The topological polar surface area (TPSA) is 104 Å². The average molecular weight is 343 g/mol. The van der Waals surface area contributed by atoms with Crippen molar-refractivity contribution in [3.05, 3.63) is 42.1 Å². The molecule has 0 bridgehead atoms. The van der Waals surface area contributed by atoms with Gasteiger partial charge in [-0.2, -0.15) is 0 Å². The highest BCUT2D eigenvalue weighted by atomic mass is 16.5. The second-order valence-corrected chi connectivity index (χ2v) is 6.26. The highest BCUT2D eigenvalue weighted by molar-refractivity contribution is 5.74. The summed E-state index contributed by atoms with van der Waals surface area (Å²) in [5, 5.41) is 18.6. The monoisotopic (exact) mass is 343 g/mol. The zero-order chi connectivity index (χ0) is 17.6. The first kappa shape index (κ1) is 17.0. The van der Waals surface area contributed by atoms with E-state index in [1.165, 1.54) is 0 Å². The summed E-state index contributed by atoms with van der Waals surface area (Å²) in [6, 6.07) is 11.2. The van der Waals surface area contributed by atoms with Gasteiger partial charge in [0, 0.05) is 17.7 Å². The van der Waals surface area contributed by atoms with E-state index in [0.29, 0.717) is 37.1 Å². The summed E-state index contributed by atoms with van der Waals surface area (Å²) in [5.41, 5.74) is 1.57. The molecular weight excluding hydrogens is 322 g/mol. The van der Waals surface area contributed by atoms with E-state index in [2.05, 4.69) is 15.8 Å². The number of urea groups is 1. The van der Waals surface area contributed by atoms with Crippen molar-refractivity contribution in [1.82, 2.24) is 15.8 Å². The maximum atomic E-state index is 12.0. The van der Waals surface area contributed by atoms with Gasteiger partial charge in [0.05, 0.1) is 12.5 Å². The second kappa shape index (κ2) is 7.83. The lowest BCUT2D eigenvalue weighted by atomic mass is 9.86. The molecule has 0 unspecified atom stereocenters. The molecule has 1 aliphatic carbocycles. The average Bonchev–Trinajstić information content (AvgIpc) is 3.10. The molecule has 1 aliphatic rings. The van der Waals surface area contributed by atoms with E-state index in [-0.39, 0.29) is 24.5 Å². The third kappa shape index (κ3) is 4.59. The zero-order valence-electron chi connectivity index (χ0n) is 13.8. The van der Waals surface area contributed by atoms with Crippen LogP contribution in [0.3, 0.4) is 0 Å². The van der Waals surface area contributed by atoms with Gasteiger partial charge in [0.2, 0.25) is 0 Å². The van der Waals surface area contributed by atoms with Crippen molar-refractivity contribution in [2.45, 2.75) is 38.3 Å². The normalized spacial score (nSPS) is 20.0. The fraction of sp³-hybridized carbons (Fsp3) is 0.389. The number of carboxylic acid groups (broad SMARTS) is 1. The van der Waals surface area contributed by atoms with Crippen molar-refractivity contribution < 1.29 is 19.2 Å². The molecule has 0 spiro atoms. The number of hydrogen-bond acceptors (Lipinski definition) is 4. The van der Waals surface area contributed by atoms with Gasteiger partial charge in [-0.3, -0.25) is 4.79 Å². The number of rotatable bonds is 5. The molecule has 1 heterocycles. The number of nitrogens with one attached hydrogen (secondary N) is 2. The summed E-state index contributed by atoms with van der Waals surface area (Å²) < 4.78 is 5.29. The van der Waals surface area contributed by atoms with Crippen LogP contribution in [0.4, 0.5) is 4.79 Å². The van der Waals surface area contributed by atoms with Gasteiger partial charge in [0.1, 0.15) is 5.69 Å². The quantitative estimate of drug-likeness (QED) is 0.774. The lowest BCUT2D eigenvalue weighted by molar-refractivity contribution is -0.142. The van der Waals surface area contributed by atoms with Crippen LogP contribution in [0.5, 0.6) is 0 Å². The summed E-state index contributed by atoms with van der Waals surface area (Å²) in [4.78, 5) is 22.9. The molecule has 132 valence electrons. The fourth-order valence-corrected chi connectivity index (χ4v) is 3.03. The van der Waals surface area contributed by atoms with Crippen molar-refractivity contribution in [3.8, 4) is 11.3 Å². The molecule has 7 nitrogen and oxygen atoms in total. The van der Waals surface area contributed by atoms with E-state index >= 15 is 0 Å². The lowest BCUT2D eigenvalue weighted by Crippen LogP contribution is -2.43. The van der Waals surface area contributed by atoms with Crippen LogP contribution in [-0.2, 0) is 11.3 Å². The van der Waals surface area contributed by atoms with E-state index in [1.807, 2.05) is 30.3 Å². The minimum atomic E-state index is -0.747. The highest BCUT2D eigenvalue weighted by Crippen LogP contribution is 2.24. The molecule has 3 rings (SSSR count). The number of hydrogen-bond donors (Lipinski definition) is 3. The van der Waals surface area contributed by atoms with Crippen LogP contribution in [0.15, 0.2) is 40.9 Å². The number of amides is 2. The summed E-state index contributed by atoms with van der Waals surface area (Å²) in [6.07, 6.45) is 2.58. The molecule has 1 aromatic carbocycles. The van der Waals surface area contributed by atoms with Gasteiger partial charge < -0.3 is 20.3 Å². The van der Waals surface area contributed by atoms with Crippen LogP contribution in [-0.4, -0.2) is 28.3 Å². The van der Waals surface area contributed by atoms with Gasteiger partial charge in [0.15, 0.2) is 5.76 Å². The van der Waals surface area contributed by atoms with Gasteiger partial charge in [-0.25, -0.2) is 4.79 Å². The number of nitrogens with zero attached hydrogens (tertiary/aromatic N) is 1.